The van der Waals surface area contributed by atoms with E-state index in [0.717, 1.165) is 0 Å². The van der Waals surface area contributed by atoms with Crippen molar-refractivity contribution in [2.75, 3.05) is 30.3 Å². The molecule has 2 aromatic carbocycles. The van der Waals surface area contributed by atoms with Crippen LogP contribution < -0.4 is 15.0 Å². The fraction of sp³-hybridized carbons (Fsp3) is 0.263. The molecular weight excluding hydrogens is 355 g/mol. The number of anilines is 1. The molecule has 1 aliphatic rings. The molecule has 5 nitrogen and oxygen atoms in total. The minimum absolute atomic E-state index is 0.0445. The van der Waals surface area contributed by atoms with Crippen molar-refractivity contribution in [2.45, 2.75) is 5.75 Å². The number of hydrogen-bond donors (Lipinski definition) is 1. The van der Waals surface area contributed by atoms with Crippen LogP contribution in [0.5, 0.6) is 5.75 Å². The molecule has 3 rings (SSSR count). The number of carbonyl (C=O) groups is 2. The van der Waals surface area contributed by atoms with Crippen molar-refractivity contribution >= 4 is 29.3 Å². The van der Waals surface area contributed by atoms with Crippen molar-refractivity contribution in [3.63, 3.8) is 0 Å². The number of benzene rings is 2. The Kier molecular flexibility index (Phi) is 6.12. The molecule has 0 spiro atoms. The molecule has 26 heavy (non-hydrogen) atoms. The van der Waals surface area contributed by atoms with Gasteiger partial charge in [-0.3, -0.25) is 14.5 Å². The molecular formula is C19H19FN2O3S. The summed E-state index contributed by atoms with van der Waals surface area (Å²) in [5.41, 5.74) is 1.26. The van der Waals surface area contributed by atoms with E-state index in [2.05, 4.69) is 5.32 Å². The smallest absolute Gasteiger partial charge is 0.265 e. The van der Waals surface area contributed by atoms with Gasteiger partial charge in [0.15, 0.2) is 6.61 Å². The fourth-order valence-electron chi connectivity index (χ4n) is 2.59. The standard InChI is InChI=1S/C19H19FN2O3S/c20-15-6-2-1-5-14(15)13-26-10-9-21-18(23)11-22-16-7-3-4-8-17(16)25-12-19(22)24/h1-8H,9-13H2,(H,21,23). The predicted molar refractivity (Wildman–Crippen MR) is 99.9 cm³/mol. The summed E-state index contributed by atoms with van der Waals surface area (Å²) in [5.74, 6) is 1.12. The average Bonchev–Trinajstić information content (AvgIpc) is 2.65. The van der Waals surface area contributed by atoms with Crippen molar-refractivity contribution in [3.05, 3.63) is 59.9 Å². The number of ether oxygens (including phenoxy) is 1. The van der Waals surface area contributed by atoms with Gasteiger partial charge in [0.1, 0.15) is 18.1 Å². The first-order valence-electron chi connectivity index (χ1n) is 8.25. The van der Waals surface area contributed by atoms with Crippen LogP contribution in [0.15, 0.2) is 48.5 Å². The van der Waals surface area contributed by atoms with Gasteiger partial charge in [0.25, 0.3) is 5.91 Å². The molecule has 0 bridgehead atoms. The van der Waals surface area contributed by atoms with Crippen molar-refractivity contribution < 1.29 is 18.7 Å². The SMILES string of the molecule is O=C(CN1C(=O)COc2ccccc21)NCCSCc1ccccc1F. The number of thioether (sulfide) groups is 1. The maximum atomic E-state index is 13.5. The average molecular weight is 374 g/mol. The summed E-state index contributed by atoms with van der Waals surface area (Å²) in [6, 6.07) is 13.8. The third-order valence-corrected chi connectivity index (χ3v) is 4.90. The molecule has 0 saturated carbocycles. The predicted octanol–water partition coefficient (Wildman–Crippen LogP) is 2.60. The highest BCUT2D eigenvalue weighted by atomic mass is 32.2. The van der Waals surface area contributed by atoms with Crippen LogP contribution in [0.25, 0.3) is 0 Å². The molecule has 7 heteroatoms. The second kappa shape index (κ2) is 8.71. The van der Waals surface area contributed by atoms with Crippen LogP contribution >= 0.6 is 11.8 Å². The second-order valence-electron chi connectivity index (χ2n) is 5.73. The molecule has 2 amide bonds. The largest absolute Gasteiger partial charge is 0.482 e. The van der Waals surface area contributed by atoms with Crippen molar-refractivity contribution in [1.29, 1.82) is 0 Å². The normalized spacial score (nSPS) is 13.1. The molecule has 1 heterocycles. The molecule has 136 valence electrons. The lowest BCUT2D eigenvalue weighted by molar-refractivity contribution is -0.125. The fourth-order valence-corrected chi connectivity index (χ4v) is 3.43. The number of hydrogen-bond acceptors (Lipinski definition) is 4. The Morgan fingerprint density at radius 2 is 1.96 bits per heavy atom. The Bertz CT molecular complexity index is 800. The van der Waals surface area contributed by atoms with Crippen molar-refractivity contribution in [2.24, 2.45) is 0 Å². The van der Waals surface area contributed by atoms with Gasteiger partial charge in [-0.25, -0.2) is 4.39 Å². The Balaban J connectivity index is 1.43. The molecule has 0 saturated heterocycles. The Hall–Kier alpha value is -2.54. The highest BCUT2D eigenvalue weighted by Gasteiger charge is 2.26. The number of rotatable bonds is 7. The van der Waals surface area contributed by atoms with Crippen LogP contribution in [0.4, 0.5) is 10.1 Å². The molecule has 0 fully saturated rings. The topological polar surface area (TPSA) is 58.6 Å². The molecule has 1 N–H and O–H groups in total. The maximum absolute atomic E-state index is 13.5. The van der Waals surface area contributed by atoms with Gasteiger partial charge in [0.2, 0.25) is 5.91 Å². The van der Waals surface area contributed by atoms with Gasteiger partial charge in [0, 0.05) is 18.1 Å². The van der Waals surface area contributed by atoms with Crippen LogP contribution in [0.3, 0.4) is 0 Å². The first-order valence-corrected chi connectivity index (χ1v) is 9.40. The number of fused-ring (bicyclic) bond motifs is 1. The summed E-state index contributed by atoms with van der Waals surface area (Å²) in [5, 5.41) is 2.79. The summed E-state index contributed by atoms with van der Waals surface area (Å²) in [7, 11) is 0. The number of nitrogens with one attached hydrogen (secondary N) is 1. The summed E-state index contributed by atoms with van der Waals surface area (Å²) >= 11 is 1.54. The minimum atomic E-state index is -0.243. The first-order chi connectivity index (χ1) is 12.6. The maximum Gasteiger partial charge on any atom is 0.265 e. The summed E-state index contributed by atoms with van der Waals surface area (Å²) in [6.07, 6.45) is 0. The van der Waals surface area contributed by atoms with E-state index in [1.54, 1.807) is 48.2 Å². The zero-order chi connectivity index (χ0) is 18.4. The Morgan fingerprint density at radius 1 is 1.19 bits per heavy atom. The molecule has 1 aliphatic heterocycles. The molecule has 0 aliphatic carbocycles. The molecule has 0 atom stereocenters. The lowest BCUT2D eigenvalue weighted by Gasteiger charge is -2.28. The van der Waals surface area contributed by atoms with E-state index in [4.69, 9.17) is 4.74 Å². The molecule has 0 aromatic heterocycles. The van der Waals surface area contributed by atoms with Gasteiger partial charge < -0.3 is 10.1 Å². The van der Waals surface area contributed by atoms with Crippen LogP contribution in [-0.4, -0.2) is 37.3 Å². The van der Waals surface area contributed by atoms with Crippen LogP contribution in [0.1, 0.15) is 5.56 Å². The summed E-state index contributed by atoms with van der Waals surface area (Å²) < 4.78 is 18.9. The minimum Gasteiger partial charge on any atom is -0.482 e. The van der Waals surface area contributed by atoms with E-state index in [1.807, 2.05) is 6.07 Å². The quantitative estimate of drug-likeness (QED) is 0.757. The Morgan fingerprint density at radius 3 is 2.81 bits per heavy atom. The van der Waals surface area contributed by atoms with E-state index in [0.29, 0.717) is 35.1 Å². The number of amides is 2. The van der Waals surface area contributed by atoms with Gasteiger partial charge in [-0.15, -0.1) is 0 Å². The van der Waals surface area contributed by atoms with Crippen LogP contribution in [0.2, 0.25) is 0 Å². The van der Waals surface area contributed by atoms with Gasteiger partial charge >= 0.3 is 0 Å². The van der Waals surface area contributed by atoms with E-state index in [1.165, 1.54) is 11.0 Å². The number of halogens is 1. The zero-order valence-corrected chi connectivity index (χ0v) is 14.9. The third kappa shape index (κ3) is 4.54. The number of nitrogens with zero attached hydrogens (tertiary/aromatic N) is 1. The number of carbonyl (C=O) groups excluding carboxylic acids is 2. The van der Waals surface area contributed by atoms with Crippen molar-refractivity contribution in [1.82, 2.24) is 5.32 Å². The number of para-hydroxylation sites is 2. The zero-order valence-electron chi connectivity index (χ0n) is 14.1. The van der Waals surface area contributed by atoms with Gasteiger partial charge in [-0.2, -0.15) is 11.8 Å². The summed E-state index contributed by atoms with van der Waals surface area (Å²) in [6.45, 7) is 0.345. The van der Waals surface area contributed by atoms with Gasteiger partial charge in [-0.05, 0) is 23.8 Å². The Labute approximate surface area is 155 Å². The first kappa shape index (κ1) is 18.3. The molecule has 0 radical (unpaired) electrons. The summed E-state index contributed by atoms with van der Waals surface area (Å²) in [4.78, 5) is 25.6. The highest BCUT2D eigenvalue weighted by molar-refractivity contribution is 7.98. The molecule has 2 aromatic rings. The lowest BCUT2D eigenvalue weighted by Crippen LogP contribution is -2.45. The van der Waals surface area contributed by atoms with E-state index in [9.17, 15) is 14.0 Å². The molecule has 0 unspecified atom stereocenters. The highest BCUT2D eigenvalue weighted by Crippen LogP contribution is 2.31. The van der Waals surface area contributed by atoms with E-state index >= 15 is 0 Å². The van der Waals surface area contributed by atoms with Gasteiger partial charge in [0.05, 0.1) is 5.69 Å². The van der Waals surface area contributed by atoms with E-state index in [-0.39, 0.29) is 30.8 Å². The van der Waals surface area contributed by atoms with Crippen LogP contribution in [0, 0.1) is 5.82 Å². The van der Waals surface area contributed by atoms with Crippen molar-refractivity contribution in [3.8, 4) is 5.75 Å². The van der Waals surface area contributed by atoms with E-state index < -0.39 is 0 Å². The second-order valence-corrected chi connectivity index (χ2v) is 6.84. The lowest BCUT2D eigenvalue weighted by atomic mass is 10.2. The van der Waals surface area contributed by atoms with Crippen LogP contribution in [-0.2, 0) is 15.3 Å². The van der Waals surface area contributed by atoms with Gasteiger partial charge in [-0.1, -0.05) is 30.3 Å². The monoisotopic (exact) mass is 374 g/mol. The third-order valence-electron chi connectivity index (χ3n) is 3.89.